The monoisotopic (exact) mass is 393 g/mol. The Morgan fingerprint density at radius 1 is 1.21 bits per heavy atom. The number of H-pyrrole nitrogens is 1. The number of aromatic amines is 1. The van der Waals surface area contributed by atoms with Crippen molar-refractivity contribution in [3.8, 4) is 10.6 Å². The third-order valence-electron chi connectivity index (χ3n) is 4.59. The Kier molecular flexibility index (Phi) is 5.21. The molecular formula is C22H20FN3OS. The summed E-state index contributed by atoms with van der Waals surface area (Å²) in [6.45, 7) is 2.00. The van der Waals surface area contributed by atoms with Crippen LogP contribution in [-0.4, -0.2) is 21.9 Å². The van der Waals surface area contributed by atoms with Gasteiger partial charge in [-0.2, -0.15) is 0 Å². The van der Waals surface area contributed by atoms with Crippen molar-refractivity contribution in [3.63, 3.8) is 0 Å². The molecule has 2 aromatic carbocycles. The molecule has 4 nitrogen and oxygen atoms in total. The third-order valence-corrected chi connectivity index (χ3v) is 5.53. The Bertz CT molecular complexity index is 1100. The van der Waals surface area contributed by atoms with Crippen LogP contribution in [0.15, 0.2) is 60.1 Å². The van der Waals surface area contributed by atoms with Gasteiger partial charge in [0.15, 0.2) is 0 Å². The SMILES string of the molecule is C[C@@H](Cc1c[nH]c2ccccc12)NC(=O)Cc1csc(-c2ccc(F)cc2)n1. The first-order valence-electron chi connectivity index (χ1n) is 9.13. The Morgan fingerprint density at radius 3 is 2.82 bits per heavy atom. The largest absolute Gasteiger partial charge is 0.361 e. The molecule has 0 spiro atoms. The number of nitrogens with one attached hydrogen (secondary N) is 2. The van der Waals surface area contributed by atoms with Crippen molar-refractivity contribution in [1.29, 1.82) is 0 Å². The number of aromatic nitrogens is 2. The van der Waals surface area contributed by atoms with Gasteiger partial charge in [0.2, 0.25) is 5.91 Å². The van der Waals surface area contributed by atoms with E-state index in [4.69, 9.17) is 0 Å². The number of carbonyl (C=O) groups is 1. The minimum Gasteiger partial charge on any atom is -0.361 e. The number of carbonyl (C=O) groups excluding carboxylic acids is 1. The average Bonchev–Trinajstić information content (AvgIpc) is 3.30. The minimum atomic E-state index is -0.274. The highest BCUT2D eigenvalue weighted by atomic mass is 32.1. The lowest BCUT2D eigenvalue weighted by molar-refractivity contribution is -0.121. The van der Waals surface area contributed by atoms with E-state index in [0.29, 0.717) is 0 Å². The van der Waals surface area contributed by atoms with Gasteiger partial charge < -0.3 is 10.3 Å². The zero-order chi connectivity index (χ0) is 19.5. The van der Waals surface area contributed by atoms with E-state index in [1.165, 1.54) is 34.4 Å². The van der Waals surface area contributed by atoms with Crippen molar-refractivity contribution in [2.75, 3.05) is 0 Å². The summed E-state index contributed by atoms with van der Waals surface area (Å²) >= 11 is 1.46. The van der Waals surface area contributed by atoms with E-state index in [0.717, 1.165) is 28.2 Å². The van der Waals surface area contributed by atoms with Gasteiger partial charge in [-0.05, 0) is 49.2 Å². The van der Waals surface area contributed by atoms with Crippen LogP contribution >= 0.6 is 11.3 Å². The van der Waals surface area contributed by atoms with E-state index in [1.54, 1.807) is 12.1 Å². The number of fused-ring (bicyclic) bond motifs is 1. The molecular weight excluding hydrogens is 373 g/mol. The number of amides is 1. The molecule has 28 heavy (non-hydrogen) atoms. The standard InChI is InChI=1S/C22H20FN3OS/c1-14(10-16-12-24-20-5-3-2-4-19(16)20)25-21(27)11-18-13-28-22(26-18)15-6-8-17(23)9-7-15/h2-9,12-14,24H,10-11H2,1H3,(H,25,27)/t14-/m0/s1. The van der Waals surface area contributed by atoms with Crippen molar-refractivity contribution < 1.29 is 9.18 Å². The molecule has 0 radical (unpaired) electrons. The maximum Gasteiger partial charge on any atom is 0.226 e. The number of halogens is 1. The zero-order valence-electron chi connectivity index (χ0n) is 15.4. The lowest BCUT2D eigenvalue weighted by atomic mass is 10.1. The van der Waals surface area contributed by atoms with Gasteiger partial charge in [0, 0.05) is 34.1 Å². The first-order valence-corrected chi connectivity index (χ1v) is 10.0. The highest BCUT2D eigenvalue weighted by Gasteiger charge is 2.13. The van der Waals surface area contributed by atoms with Gasteiger partial charge in [0.1, 0.15) is 10.8 Å². The molecule has 0 aliphatic heterocycles. The van der Waals surface area contributed by atoms with Crippen LogP contribution in [0.1, 0.15) is 18.2 Å². The third kappa shape index (κ3) is 4.12. The van der Waals surface area contributed by atoms with Crippen LogP contribution in [0, 0.1) is 5.82 Å². The molecule has 4 rings (SSSR count). The molecule has 2 N–H and O–H groups in total. The molecule has 0 bridgehead atoms. The number of para-hydroxylation sites is 1. The molecule has 1 atom stereocenters. The number of thiazole rings is 1. The van der Waals surface area contributed by atoms with Gasteiger partial charge >= 0.3 is 0 Å². The van der Waals surface area contributed by atoms with E-state index in [2.05, 4.69) is 21.4 Å². The van der Waals surface area contributed by atoms with E-state index >= 15 is 0 Å². The second kappa shape index (κ2) is 7.94. The maximum atomic E-state index is 13.1. The Hall–Kier alpha value is -2.99. The molecule has 6 heteroatoms. The first kappa shape index (κ1) is 18.4. The Balaban J connectivity index is 1.36. The predicted molar refractivity (Wildman–Crippen MR) is 111 cm³/mol. The lowest BCUT2D eigenvalue weighted by Gasteiger charge is -2.13. The van der Waals surface area contributed by atoms with Crippen LogP contribution in [0.25, 0.3) is 21.5 Å². The fraction of sp³-hybridized carbons (Fsp3) is 0.182. The summed E-state index contributed by atoms with van der Waals surface area (Å²) in [5, 5.41) is 6.90. The number of hydrogen-bond acceptors (Lipinski definition) is 3. The lowest BCUT2D eigenvalue weighted by Crippen LogP contribution is -2.35. The van der Waals surface area contributed by atoms with E-state index in [-0.39, 0.29) is 24.2 Å². The quantitative estimate of drug-likeness (QED) is 0.498. The summed E-state index contributed by atoms with van der Waals surface area (Å²) in [5.74, 6) is -0.326. The Morgan fingerprint density at radius 2 is 2.00 bits per heavy atom. The highest BCUT2D eigenvalue weighted by Crippen LogP contribution is 2.24. The molecule has 0 aliphatic rings. The van der Waals surface area contributed by atoms with Crippen LogP contribution in [0.5, 0.6) is 0 Å². The van der Waals surface area contributed by atoms with Crippen molar-refractivity contribution in [1.82, 2.24) is 15.3 Å². The van der Waals surface area contributed by atoms with Crippen molar-refractivity contribution in [3.05, 3.63) is 77.2 Å². The highest BCUT2D eigenvalue weighted by molar-refractivity contribution is 7.13. The summed E-state index contributed by atoms with van der Waals surface area (Å²) in [4.78, 5) is 20.2. The maximum absolute atomic E-state index is 13.1. The van der Waals surface area contributed by atoms with Gasteiger partial charge in [-0.15, -0.1) is 11.3 Å². The fourth-order valence-electron chi connectivity index (χ4n) is 3.28. The number of rotatable bonds is 6. The summed E-state index contributed by atoms with van der Waals surface area (Å²) in [7, 11) is 0. The molecule has 0 fully saturated rings. The van der Waals surface area contributed by atoms with Crippen LogP contribution in [0.4, 0.5) is 4.39 Å². The van der Waals surface area contributed by atoms with E-state index in [9.17, 15) is 9.18 Å². The van der Waals surface area contributed by atoms with Gasteiger partial charge in [-0.1, -0.05) is 18.2 Å². The summed E-state index contributed by atoms with van der Waals surface area (Å²) in [6, 6.07) is 14.4. The second-order valence-electron chi connectivity index (χ2n) is 6.86. The molecule has 0 unspecified atom stereocenters. The van der Waals surface area contributed by atoms with Gasteiger partial charge in [0.05, 0.1) is 12.1 Å². The molecule has 0 aliphatic carbocycles. The summed E-state index contributed by atoms with van der Waals surface area (Å²) < 4.78 is 13.1. The first-order chi connectivity index (χ1) is 13.6. The van der Waals surface area contributed by atoms with Crippen molar-refractivity contribution >= 4 is 28.1 Å². The summed E-state index contributed by atoms with van der Waals surface area (Å²) in [5.41, 5.74) is 3.87. The molecule has 142 valence electrons. The van der Waals surface area contributed by atoms with E-state index in [1.807, 2.05) is 36.7 Å². The molecule has 0 saturated heterocycles. The van der Waals surface area contributed by atoms with Crippen LogP contribution in [0.3, 0.4) is 0 Å². The molecule has 1 amide bonds. The van der Waals surface area contributed by atoms with Gasteiger partial charge in [0.25, 0.3) is 0 Å². The van der Waals surface area contributed by atoms with Crippen molar-refractivity contribution in [2.24, 2.45) is 0 Å². The number of hydrogen-bond donors (Lipinski definition) is 2. The second-order valence-corrected chi connectivity index (χ2v) is 7.72. The summed E-state index contributed by atoms with van der Waals surface area (Å²) in [6.07, 6.45) is 2.99. The zero-order valence-corrected chi connectivity index (χ0v) is 16.2. The van der Waals surface area contributed by atoms with Crippen LogP contribution < -0.4 is 5.32 Å². The molecule has 4 aromatic rings. The fourth-order valence-corrected chi connectivity index (χ4v) is 4.11. The number of benzene rings is 2. The average molecular weight is 393 g/mol. The predicted octanol–water partition coefficient (Wildman–Crippen LogP) is 4.72. The molecule has 2 aromatic heterocycles. The Labute approximate surface area is 166 Å². The normalized spacial score (nSPS) is 12.2. The minimum absolute atomic E-state index is 0.0157. The molecule has 0 saturated carbocycles. The van der Waals surface area contributed by atoms with Gasteiger partial charge in [-0.25, -0.2) is 9.37 Å². The smallest absolute Gasteiger partial charge is 0.226 e. The van der Waals surface area contributed by atoms with E-state index < -0.39 is 0 Å². The topological polar surface area (TPSA) is 57.8 Å². The van der Waals surface area contributed by atoms with Crippen LogP contribution in [-0.2, 0) is 17.6 Å². The van der Waals surface area contributed by atoms with Crippen LogP contribution in [0.2, 0.25) is 0 Å². The van der Waals surface area contributed by atoms with Crippen molar-refractivity contribution in [2.45, 2.75) is 25.8 Å². The number of nitrogens with zero attached hydrogens (tertiary/aromatic N) is 1. The van der Waals surface area contributed by atoms with Gasteiger partial charge in [-0.3, -0.25) is 4.79 Å². The molecule has 2 heterocycles.